The molecular weight excluding hydrogens is 336 g/mol. The van der Waals surface area contributed by atoms with Crippen molar-refractivity contribution in [2.45, 2.75) is 6.54 Å². The van der Waals surface area contributed by atoms with Crippen LogP contribution in [0.3, 0.4) is 0 Å². The van der Waals surface area contributed by atoms with Crippen molar-refractivity contribution in [2.75, 3.05) is 7.05 Å². The summed E-state index contributed by atoms with van der Waals surface area (Å²) in [5.41, 5.74) is 1.65. The summed E-state index contributed by atoms with van der Waals surface area (Å²) in [4.78, 5) is 17.7. The van der Waals surface area contributed by atoms with E-state index in [1.807, 2.05) is 11.4 Å². The molecule has 2 aromatic heterocycles. The minimum atomic E-state index is -0.0679. The van der Waals surface area contributed by atoms with Crippen LogP contribution in [0.1, 0.15) is 15.9 Å². The van der Waals surface area contributed by atoms with Crippen LogP contribution < -0.4 is 0 Å². The Morgan fingerprint density at radius 3 is 2.94 bits per heavy atom. The molecule has 1 amide bonds. The first-order chi connectivity index (χ1) is 8.56. The Labute approximate surface area is 123 Å². The fraction of sp³-hybridized carbons (Fsp3) is 0.167. The molecule has 0 bridgehead atoms. The Kier molecular flexibility index (Phi) is 4.37. The van der Waals surface area contributed by atoms with Crippen LogP contribution >= 0.6 is 38.9 Å². The second-order valence-electron chi connectivity index (χ2n) is 3.79. The third kappa shape index (κ3) is 3.31. The molecule has 0 spiro atoms. The van der Waals surface area contributed by atoms with E-state index in [0.717, 1.165) is 9.35 Å². The van der Waals surface area contributed by atoms with Gasteiger partial charge in [0.1, 0.15) is 5.15 Å². The Balaban J connectivity index is 2.09. The number of aromatic nitrogens is 1. The summed E-state index contributed by atoms with van der Waals surface area (Å²) in [6.45, 7) is 0.570. The van der Waals surface area contributed by atoms with Crippen molar-refractivity contribution in [3.63, 3.8) is 0 Å². The lowest BCUT2D eigenvalue weighted by Gasteiger charge is -2.16. The number of halogens is 2. The molecule has 3 nitrogen and oxygen atoms in total. The van der Waals surface area contributed by atoms with Gasteiger partial charge in [-0.1, -0.05) is 11.6 Å². The number of hydrogen-bond acceptors (Lipinski definition) is 3. The first kappa shape index (κ1) is 13.5. The highest BCUT2D eigenvalue weighted by Crippen LogP contribution is 2.22. The average Bonchev–Trinajstić information content (AvgIpc) is 2.73. The van der Waals surface area contributed by atoms with Gasteiger partial charge in [-0.2, -0.15) is 0 Å². The zero-order valence-electron chi connectivity index (χ0n) is 9.56. The summed E-state index contributed by atoms with van der Waals surface area (Å²) < 4.78 is 1.06. The number of pyridine rings is 1. The van der Waals surface area contributed by atoms with E-state index in [0.29, 0.717) is 17.3 Å². The second-order valence-corrected chi connectivity index (χ2v) is 6.47. The molecule has 18 heavy (non-hydrogen) atoms. The highest BCUT2D eigenvalue weighted by Gasteiger charge is 2.13. The molecule has 0 radical (unpaired) electrons. The summed E-state index contributed by atoms with van der Waals surface area (Å²) in [5, 5.41) is 2.35. The van der Waals surface area contributed by atoms with Gasteiger partial charge in [0, 0.05) is 25.4 Å². The van der Waals surface area contributed by atoms with Crippen LogP contribution in [0.5, 0.6) is 0 Å². The van der Waals surface area contributed by atoms with E-state index < -0.39 is 0 Å². The number of carbonyl (C=O) groups excluding carboxylic acids is 1. The molecule has 2 aromatic rings. The van der Waals surface area contributed by atoms with Crippen molar-refractivity contribution in [3.05, 3.63) is 49.8 Å². The van der Waals surface area contributed by atoms with Crippen molar-refractivity contribution >= 4 is 44.8 Å². The van der Waals surface area contributed by atoms with Gasteiger partial charge >= 0.3 is 0 Å². The van der Waals surface area contributed by atoms with Crippen LogP contribution in [0.2, 0.25) is 5.15 Å². The molecule has 0 saturated heterocycles. The van der Waals surface area contributed by atoms with E-state index in [4.69, 9.17) is 11.6 Å². The summed E-state index contributed by atoms with van der Waals surface area (Å²) in [5.74, 6) is -0.0679. The van der Waals surface area contributed by atoms with E-state index in [9.17, 15) is 4.79 Å². The molecule has 0 N–H and O–H groups in total. The van der Waals surface area contributed by atoms with E-state index >= 15 is 0 Å². The maximum absolute atomic E-state index is 12.1. The van der Waals surface area contributed by atoms with Crippen LogP contribution in [0.15, 0.2) is 33.6 Å². The average molecular weight is 346 g/mol. The molecule has 0 aliphatic carbocycles. The largest absolute Gasteiger partial charge is 0.337 e. The van der Waals surface area contributed by atoms with Crippen LogP contribution in [-0.4, -0.2) is 22.8 Å². The zero-order chi connectivity index (χ0) is 13.1. The molecule has 0 aromatic carbocycles. The zero-order valence-corrected chi connectivity index (χ0v) is 12.7. The van der Waals surface area contributed by atoms with Crippen molar-refractivity contribution < 1.29 is 4.79 Å². The molecule has 0 fully saturated rings. The van der Waals surface area contributed by atoms with Gasteiger partial charge in [-0.05, 0) is 45.1 Å². The lowest BCUT2D eigenvalue weighted by molar-refractivity contribution is 0.0785. The first-order valence-electron chi connectivity index (χ1n) is 5.16. The van der Waals surface area contributed by atoms with E-state index in [1.54, 1.807) is 35.4 Å². The van der Waals surface area contributed by atoms with E-state index in [-0.39, 0.29) is 5.91 Å². The van der Waals surface area contributed by atoms with Crippen LogP contribution in [0.4, 0.5) is 0 Å². The molecule has 6 heteroatoms. The Hall–Kier alpha value is -0.910. The predicted molar refractivity (Wildman–Crippen MR) is 77.1 cm³/mol. The van der Waals surface area contributed by atoms with Crippen LogP contribution in [-0.2, 0) is 6.54 Å². The number of amides is 1. The van der Waals surface area contributed by atoms with Crippen molar-refractivity contribution in [2.24, 2.45) is 0 Å². The normalized spacial score (nSPS) is 10.4. The molecule has 0 atom stereocenters. The van der Waals surface area contributed by atoms with Crippen LogP contribution in [0.25, 0.3) is 0 Å². The minimum Gasteiger partial charge on any atom is -0.337 e. The van der Waals surface area contributed by atoms with Gasteiger partial charge in [-0.3, -0.25) is 4.79 Å². The van der Waals surface area contributed by atoms with Gasteiger partial charge in [0.25, 0.3) is 5.91 Å². The smallest absolute Gasteiger partial charge is 0.254 e. The molecule has 2 rings (SSSR count). The first-order valence-corrected chi connectivity index (χ1v) is 7.21. The van der Waals surface area contributed by atoms with Gasteiger partial charge in [0.2, 0.25) is 0 Å². The molecule has 0 aliphatic heterocycles. The Bertz CT molecular complexity index is 573. The van der Waals surface area contributed by atoms with E-state index in [1.165, 1.54) is 6.20 Å². The second kappa shape index (κ2) is 5.82. The molecule has 0 saturated carbocycles. The van der Waals surface area contributed by atoms with E-state index in [2.05, 4.69) is 20.9 Å². The highest BCUT2D eigenvalue weighted by molar-refractivity contribution is 9.11. The van der Waals surface area contributed by atoms with Gasteiger partial charge in [0.15, 0.2) is 0 Å². The van der Waals surface area contributed by atoms with Gasteiger partial charge in [-0.25, -0.2) is 4.98 Å². The Morgan fingerprint density at radius 2 is 2.33 bits per heavy atom. The Morgan fingerprint density at radius 1 is 1.56 bits per heavy atom. The number of thiophene rings is 1. The van der Waals surface area contributed by atoms with Crippen LogP contribution in [0, 0.1) is 0 Å². The predicted octanol–water partition coefficient (Wildman–Crippen LogP) is 3.83. The SMILES string of the molecule is CN(Cc1csc(Br)c1)C(=O)c1ccnc(Cl)c1. The summed E-state index contributed by atoms with van der Waals surface area (Å²) >= 11 is 10.8. The lowest BCUT2D eigenvalue weighted by Crippen LogP contribution is -2.26. The molecule has 2 heterocycles. The molecule has 94 valence electrons. The number of carbonyl (C=O) groups is 1. The number of rotatable bonds is 3. The lowest BCUT2D eigenvalue weighted by atomic mass is 10.2. The van der Waals surface area contributed by atoms with Gasteiger partial charge < -0.3 is 4.90 Å². The summed E-state index contributed by atoms with van der Waals surface area (Å²) in [7, 11) is 1.77. The maximum Gasteiger partial charge on any atom is 0.254 e. The third-order valence-corrected chi connectivity index (χ3v) is 4.12. The summed E-state index contributed by atoms with van der Waals surface area (Å²) in [6, 6.07) is 5.24. The number of nitrogens with zero attached hydrogens (tertiary/aromatic N) is 2. The molecule has 0 unspecified atom stereocenters. The van der Waals surface area contributed by atoms with Gasteiger partial charge in [-0.15, -0.1) is 11.3 Å². The van der Waals surface area contributed by atoms with Crippen molar-refractivity contribution in [1.82, 2.24) is 9.88 Å². The topological polar surface area (TPSA) is 33.2 Å². The maximum atomic E-state index is 12.1. The molecule has 0 aliphatic rings. The third-order valence-electron chi connectivity index (χ3n) is 2.36. The summed E-state index contributed by atoms with van der Waals surface area (Å²) in [6.07, 6.45) is 1.53. The van der Waals surface area contributed by atoms with Crippen molar-refractivity contribution in [1.29, 1.82) is 0 Å². The highest BCUT2D eigenvalue weighted by atomic mass is 79.9. The monoisotopic (exact) mass is 344 g/mol. The number of hydrogen-bond donors (Lipinski definition) is 0. The fourth-order valence-corrected chi connectivity index (χ4v) is 2.90. The standard InChI is InChI=1S/C12H10BrClN2OS/c1-16(6-8-4-10(13)18-7-8)12(17)9-2-3-15-11(14)5-9/h2-5,7H,6H2,1H3. The van der Waals surface area contributed by atoms with Gasteiger partial charge in [0.05, 0.1) is 3.79 Å². The molecular formula is C12H10BrClN2OS. The quantitative estimate of drug-likeness (QED) is 0.792. The van der Waals surface area contributed by atoms with Crippen molar-refractivity contribution in [3.8, 4) is 0 Å². The minimum absolute atomic E-state index is 0.0679. The fourth-order valence-electron chi connectivity index (χ4n) is 1.53.